The first-order valence-corrected chi connectivity index (χ1v) is 11.3. The number of halogens is 1. The first-order valence-electron chi connectivity index (χ1n) is 9.68. The molecular weight excluding hydrogens is 468 g/mol. The maximum atomic E-state index is 13.1. The molecule has 0 aliphatic heterocycles. The molecule has 2 N–H and O–H groups in total. The van der Waals surface area contributed by atoms with Crippen molar-refractivity contribution in [2.45, 2.75) is 39.2 Å². The lowest BCUT2D eigenvalue weighted by Crippen LogP contribution is -2.34. The third-order valence-corrected chi connectivity index (χ3v) is 7.06. The summed E-state index contributed by atoms with van der Waals surface area (Å²) < 4.78 is 2.13. The lowest BCUT2D eigenvalue weighted by atomic mass is 9.89. The summed E-state index contributed by atoms with van der Waals surface area (Å²) in [6, 6.07) is 4.13. The number of rotatable bonds is 4. The monoisotopic (exact) mass is 488 g/mol. The molecule has 2 unspecified atom stereocenters. The molecule has 0 spiro atoms. The van der Waals surface area contributed by atoms with Crippen molar-refractivity contribution < 1.29 is 9.90 Å². The minimum absolute atomic E-state index is 0.0478. The van der Waals surface area contributed by atoms with E-state index >= 15 is 0 Å². The van der Waals surface area contributed by atoms with Crippen molar-refractivity contribution in [3.8, 4) is 5.75 Å². The van der Waals surface area contributed by atoms with E-state index in [1.54, 1.807) is 30.4 Å². The number of phenolic OH excluding ortho intramolecular Hbond substituents is 1. The number of carbonyl (C=O) groups is 1. The van der Waals surface area contributed by atoms with E-state index in [9.17, 15) is 14.7 Å². The van der Waals surface area contributed by atoms with E-state index in [0.717, 1.165) is 34.1 Å². The molecule has 7 nitrogen and oxygen atoms in total. The molecule has 1 aliphatic rings. The molecule has 0 bridgehead atoms. The van der Waals surface area contributed by atoms with Crippen LogP contribution >= 0.6 is 27.3 Å². The normalized spacial score (nSPS) is 17.2. The largest absolute Gasteiger partial charge is 0.507 e. The Balaban J connectivity index is 1.57. The number of nitrogens with zero attached hydrogens (tertiary/aromatic N) is 3. The Morgan fingerprint density at radius 2 is 2.30 bits per heavy atom. The van der Waals surface area contributed by atoms with Gasteiger partial charge in [0.05, 0.1) is 17.9 Å². The van der Waals surface area contributed by atoms with E-state index in [0.29, 0.717) is 16.9 Å². The lowest BCUT2D eigenvalue weighted by molar-refractivity contribution is -0.123. The van der Waals surface area contributed by atoms with Crippen LogP contribution in [0.1, 0.15) is 42.3 Å². The second-order valence-electron chi connectivity index (χ2n) is 7.60. The molecule has 1 amide bonds. The Kier molecular flexibility index (Phi) is 5.75. The highest BCUT2D eigenvalue weighted by molar-refractivity contribution is 9.10. The summed E-state index contributed by atoms with van der Waals surface area (Å²) in [5.41, 5.74) is 3.79. The van der Waals surface area contributed by atoms with Crippen molar-refractivity contribution in [1.82, 2.24) is 15.0 Å². The van der Waals surface area contributed by atoms with Crippen LogP contribution in [0.5, 0.6) is 5.75 Å². The standard InChI is InChI=1S/C21H21BrN4O3S/c1-11-3-5-15-17(7-11)30-20-18(15)21(29)26(10-23-20)12(2)19(28)25-24-9-13-8-14(22)4-6-16(13)27/h4,6,8-12,27H,3,5,7H2,1-2H3,(H,25,28)/b24-9-. The molecule has 156 valence electrons. The first kappa shape index (κ1) is 20.7. The van der Waals surface area contributed by atoms with Gasteiger partial charge in [-0.3, -0.25) is 14.2 Å². The van der Waals surface area contributed by atoms with E-state index in [-0.39, 0.29) is 11.3 Å². The van der Waals surface area contributed by atoms with E-state index in [1.807, 2.05) is 0 Å². The van der Waals surface area contributed by atoms with Crippen molar-refractivity contribution in [2.75, 3.05) is 0 Å². The number of carbonyl (C=O) groups excluding carboxylic acids is 1. The van der Waals surface area contributed by atoms with Crippen LogP contribution in [0.2, 0.25) is 0 Å². The summed E-state index contributed by atoms with van der Waals surface area (Å²) in [5, 5.41) is 14.4. The van der Waals surface area contributed by atoms with Crippen LogP contribution in [0.4, 0.5) is 0 Å². The van der Waals surface area contributed by atoms with Gasteiger partial charge in [-0.2, -0.15) is 5.10 Å². The van der Waals surface area contributed by atoms with Crippen molar-refractivity contribution in [2.24, 2.45) is 11.0 Å². The molecule has 2 atom stereocenters. The molecule has 1 aliphatic carbocycles. The molecule has 9 heteroatoms. The fourth-order valence-corrected chi connectivity index (χ4v) is 5.35. The average molecular weight is 489 g/mol. The van der Waals surface area contributed by atoms with Gasteiger partial charge in [0.2, 0.25) is 0 Å². The Morgan fingerprint density at radius 1 is 1.50 bits per heavy atom. The van der Waals surface area contributed by atoms with Crippen LogP contribution in [-0.2, 0) is 17.6 Å². The van der Waals surface area contributed by atoms with E-state index in [1.165, 1.54) is 28.1 Å². The minimum Gasteiger partial charge on any atom is -0.507 e. The van der Waals surface area contributed by atoms with Gasteiger partial charge in [-0.05, 0) is 55.9 Å². The summed E-state index contributed by atoms with van der Waals surface area (Å²) in [7, 11) is 0. The number of aryl methyl sites for hydroxylation is 1. The number of fused-ring (bicyclic) bond motifs is 3. The van der Waals surface area contributed by atoms with Gasteiger partial charge < -0.3 is 5.11 Å². The summed E-state index contributed by atoms with van der Waals surface area (Å²) in [5.74, 6) is 0.216. The van der Waals surface area contributed by atoms with Crippen LogP contribution in [-0.4, -0.2) is 26.8 Å². The van der Waals surface area contributed by atoms with Gasteiger partial charge in [0, 0.05) is 14.9 Å². The molecule has 4 rings (SSSR count). The zero-order chi connectivity index (χ0) is 21.4. The van der Waals surface area contributed by atoms with Crippen LogP contribution in [0.15, 0.2) is 38.9 Å². The topological polar surface area (TPSA) is 96.6 Å². The van der Waals surface area contributed by atoms with Crippen LogP contribution < -0.4 is 11.0 Å². The number of thiophene rings is 1. The SMILES string of the molecule is CC1CCc2c(sc3ncn(C(C)C(=O)N/N=C\c4cc(Br)ccc4O)c(=O)c23)C1. The third kappa shape index (κ3) is 3.91. The van der Waals surface area contributed by atoms with Gasteiger partial charge in [-0.15, -0.1) is 11.3 Å². The molecule has 1 aromatic carbocycles. The first-order chi connectivity index (χ1) is 14.3. The van der Waals surface area contributed by atoms with E-state index < -0.39 is 11.9 Å². The fraction of sp³-hybridized carbons (Fsp3) is 0.333. The van der Waals surface area contributed by atoms with E-state index in [2.05, 4.69) is 38.4 Å². The van der Waals surface area contributed by atoms with Crippen molar-refractivity contribution in [3.05, 3.63) is 55.4 Å². The molecule has 30 heavy (non-hydrogen) atoms. The molecular formula is C21H21BrN4O3S. The predicted octanol–water partition coefficient (Wildman–Crippen LogP) is 3.76. The molecule has 0 saturated heterocycles. The molecule has 2 heterocycles. The molecule has 0 saturated carbocycles. The van der Waals surface area contributed by atoms with Gasteiger partial charge in [0.15, 0.2) is 0 Å². The highest BCUT2D eigenvalue weighted by Gasteiger charge is 2.25. The molecule has 2 aromatic heterocycles. The Hall–Kier alpha value is -2.52. The molecule has 3 aromatic rings. The van der Waals surface area contributed by atoms with Gasteiger partial charge in [0.1, 0.15) is 16.6 Å². The molecule has 0 radical (unpaired) electrons. The third-order valence-electron chi connectivity index (χ3n) is 5.41. The highest BCUT2D eigenvalue weighted by Crippen LogP contribution is 2.35. The Labute approximate surface area is 185 Å². The number of hydrogen-bond acceptors (Lipinski definition) is 6. The minimum atomic E-state index is -0.777. The number of hydrogen-bond donors (Lipinski definition) is 2. The maximum absolute atomic E-state index is 13.1. The van der Waals surface area contributed by atoms with E-state index in [4.69, 9.17) is 0 Å². The average Bonchev–Trinajstić information content (AvgIpc) is 3.08. The number of aromatic nitrogens is 2. The van der Waals surface area contributed by atoms with Gasteiger partial charge in [0.25, 0.3) is 11.5 Å². The number of phenols is 1. The zero-order valence-electron chi connectivity index (χ0n) is 16.6. The lowest BCUT2D eigenvalue weighted by Gasteiger charge is -2.18. The second kappa shape index (κ2) is 8.31. The van der Waals surface area contributed by atoms with Crippen molar-refractivity contribution >= 4 is 49.6 Å². The molecule has 0 fully saturated rings. The second-order valence-corrected chi connectivity index (χ2v) is 9.60. The summed E-state index contributed by atoms with van der Waals surface area (Å²) in [6.45, 7) is 3.86. The van der Waals surface area contributed by atoms with Crippen LogP contribution in [0.25, 0.3) is 10.2 Å². The predicted molar refractivity (Wildman–Crippen MR) is 121 cm³/mol. The number of aromatic hydroxyl groups is 1. The Bertz CT molecular complexity index is 1220. The van der Waals surface area contributed by atoms with Crippen LogP contribution in [0.3, 0.4) is 0 Å². The van der Waals surface area contributed by atoms with Crippen molar-refractivity contribution in [3.63, 3.8) is 0 Å². The van der Waals surface area contributed by atoms with Gasteiger partial charge in [-0.25, -0.2) is 10.4 Å². The van der Waals surface area contributed by atoms with Crippen molar-refractivity contribution in [1.29, 1.82) is 0 Å². The summed E-state index contributed by atoms with van der Waals surface area (Å²) >= 11 is 4.90. The van der Waals surface area contributed by atoms with Gasteiger partial charge >= 0.3 is 0 Å². The Morgan fingerprint density at radius 3 is 3.10 bits per heavy atom. The number of benzene rings is 1. The number of nitrogens with one attached hydrogen (secondary N) is 1. The number of amides is 1. The summed E-state index contributed by atoms with van der Waals surface area (Å²) in [4.78, 5) is 32.1. The zero-order valence-corrected chi connectivity index (χ0v) is 19.0. The number of hydrazone groups is 1. The maximum Gasteiger partial charge on any atom is 0.263 e. The smallest absolute Gasteiger partial charge is 0.263 e. The van der Waals surface area contributed by atoms with Crippen LogP contribution in [0, 0.1) is 5.92 Å². The fourth-order valence-electron chi connectivity index (χ4n) is 3.63. The summed E-state index contributed by atoms with van der Waals surface area (Å²) in [6.07, 6.45) is 5.69. The highest BCUT2D eigenvalue weighted by atomic mass is 79.9. The quantitative estimate of drug-likeness (QED) is 0.431. The van der Waals surface area contributed by atoms with Gasteiger partial charge in [-0.1, -0.05) is 22.9 Å².